The number of nitrogens with one attached hydrogen (secondary N) is 1. The molecule has 7 heteroatoms. The van der Waals surface area contributed by atoms with E-state index in [0.29, 0.717) is 12.0 Å². The summed E-state index contributed by atoms with van der Waals surface area (Å²) in [6, 6.07) is 0. The molecule has 0 saturated carbocycles. The first-order chi connectivity index (χ1) is 9.75. The van der Waals surface area contributed by atoms with Gasteiger partial charge in [0.25, 0.3) is 0 Å². The van der Waals surface area contributed by atoms with E-state index < -0.39 is 0 Å². The third-order valence-electron chi connectivity index (χ3n) is 3.22. The zero-order chi connectivity index (χ0) is 14.2. The van der Waals surface area contributed by atoms with E-state index in [2.05, 4.69) is 34.7 Å². The van der Waals surface area contributed by atoms with E-state index in [4.69, 9.17) is 4.74 Å². The van der Waals surface area contributed by atoms with Gasteiger partial charge in [0.05, 0.1) is 12.6 Å². The van der Waals surface area contributed by atoms with Crippen LogP contribution in [0, 0.1) is 5.92 Å². The highest BCUT2D eigenvalue weighted by Crippen LogP contribution is 2.21. The fourth-order valence-corrected chi connectivity index (χ4v) is 3.09. The molecule has 1 atom stereocenters. The molecular weight excluding hydrogens is 274 g/mol. The highest BCUT2D eigenvalue weighted by Gasteiger charge is 2.16. The molecule has 0 radical (unpaired) electrons. The van der Waals surface area contributed by atoms with Crippen molar-refractivity contribution in [3.8, 4) is 0 Å². The standard InChI is InChI=1S/C13H25N5OS/c1-11(2)9-14-6-7-18-13(15-16-17-18)20-10-12-5-3-4-8-19-12/h11-12,14H,3-10H2,1-2H3. The van der Waals surface area contributed by atoms with E-state index >= 15 is 0 Å². The number of nitrogens with zero attached hydrogens (tertiary/aromatic N) is 4. The lowest BCUT2D eigenvalue weighted by Crippen LogP contribution is -2.25. The molecule has 1 fully saturated rings. The van der Waals surface area contributed by atoms with Gasteiger partial charge >= 0.3 is 0 Å². The minimum absolute atomic E-state index is 0.359. The lowest BCUT2D eigenvalue weighted by Gasteiger charge is -2.21. The number of hydrogen-bond donors (Lipinski definition) is 1. The summed E-state index contributed by atoms with van der Waals surface area (Å²) in [5, 5.41) is 16.2. The van der Waals surface area contributed by atoms with Gasteiger partial charge in [-0.2, -0.15) is 0 Å². The summed E-state index contributed by atoms with van der Waals surface area (Å²) in [6.07, 6.45) is 3.98. The van der Waals surface area contributed by atoms with E-state index in [-0.39, 0.29) is 0 Å². The van der Waals surface area contributed by atoms with Crippen molar-refractivity contribution in [3.63, 3.8) is 0 Å². The number of tetrazole rings is 1. The Labute approximate surface area is 125 Å². The largest absolute Gasteiger partial charge is 0.377 e. The summed E-state index contributed by atoms with van der Waals surface area (Å²) >= 11 is 1.70. The topological polar surface area (TPSA) is 64.9 Å². The van der Waals surface area contributed by atoms with E-state index in [1.165, 1.54) is 12.8 Å². The second-order valence-corrected chi connectivity index (χ2v) is 6.57. The van der Waals surface area contributed by atoms with Crippen LogP contribution in [0.3, 0.4) is 0 Å². The van der Waals surface area contributed by atoms with Gasteiger partial charge in [0, 0.05) is 18.9 Å². The first-order valence-corrected chi connectivity index (χ1v) is 8.45. The van der Waals surface area contributed by atoms with Gasteiger partial charge in [-0.15, -0.1) is 5.10 Å². The van der Waals surface area contributed by atoms with Gasteiger partial charge in [0.1, 0.15) is 0 Å². The Balaban J connectivity index is 1.70. The van der Waals surface area contributed by atoms with Crippen molar-refractivity contribution < 1.29 is 4.74 Å². The molecule has 1 N–H and O–H groups in total. The molecule has 20 heavy (non-hydrogen) atoms. The monoisotopic (exact) mass is 299 g/mol. The third kappa shape index (κ3) is 5.38. The maximum atomic E-state index is 5.73. The SMILES string of the molecule is CC(C)CNCCn1nnnc1SCC1CCCCO1. The van der Waals surface area contributed by atoms with Crippen LogP contribution in [0.1, 0.15) is 33.1 Å². The predicted octanol–water partition coefficient (Wildman–Crippen LogP) is 1.58. The molecule has 0 aromatic carbocycles. The van der Waals surface area contributed by atoms with Crippen molar-refractivity contribution in [3.05, 3.63) is 0 Å². The molecule has 1 aromatic heterocycles. The predicted molar refractivity (Wildman–Crippen MR) is 79.8 cm³/mol. The van der Waals surface area contributed by atoms with E-state index in [9.17, 15) is 0 Å². The Morgan fingerprint density at radius 2 is 2.35 bits per heavy atom. The van der Waals surface area contributed by atoms with Crippen LogP contribution in [0.15, 0.2) is 5.16 Å². The van der Waals surface area contributed by atoms with Crippen LogP contribution >= 0.6 is 11.8 Å². The molecule has 2 rings (SSSR count). The van der Waals surface area contributed by atoms with Crippen molar-refractivity contribution >= 4 is 11.8 Å². The zero-order valence-electron chi connectivity index (χ0n) is 12.4. The first kappa shape index (κ1) is 15.7. The van der Waals surface area contributed by atoms with Crippen LogP contribution in [0.25, 0.3) is 0 Å². The Hall–Kier alpha value is -0.660. The van der Waals surface area contributed by atoms with E-state index in [1.54, 1.807) is 11.8 Å². The molecule has 1 unspecified atom stereocenters. The first-order valence-electron chi connectivity index (χ1n) is 7.47. The summed E-state index contributed by atoms with van der Waals surface area (Å²) in [5.41, 5.74) is 0. The summed E-state index contributed by atoms with van der Waals surface area (Å²) < 4.78 is 7.61. The van der Waals surface area contributed by atoms with Crippen LogP contribution in [0.4, 0.5) is 0 Å². The average Bonchev–Trinajstić information content (AvgIpc) is 2.90. The fourth-order valence-electron chi connectivity index (χ4n) is 2.12. The molecule has 1 saturated heterocycles. The van der Waals surface area contributed by atoms with Gasteiger partial charge in [0.2, 0.25) is 5.16 Å². The van der Waals surface area contributed by atoms with Gasteiger partial charge in [-0.05, 0) is 42.2 Å². The third-order valence-corrected chi connectivity index (χ3v) is 4.31. The van der Waals surface area contributed by atoms with Crippen molar-refractivity contribution in [1.29, 1.82) is 0 Å². The van der Waals surface area contributed by atoms with E-state index in [0.717, 1.165) is 43.6 Å². The Bertz CT molecular complexity index is 379. The minimum Gasteiger partial charge on any atom is -0.377 e. The van der Waals surface area contributed by atoms with Crippen LogP contribution in [-0.4, -0.2) is 51.8 Å². The second kappa shape index (κ2) is 8.59. The summed E-state index contributed by atoms with van der Waals surface area (Å²) in [6.45, 7) is 8.05. The Morgan fingerprint density at radius 3 is 3.10 bits per heavy atom. The average molecular weight is 299 g/mol. The molecule has 0 aliphatic carbocycles. The summed E-state index contributed by atoms with van der Waals surface area (Å²) in [7, 11) is 0. The smallest absolute Gasteiger partial charge is 0.209 e. The molecule has 0 bridgehead atoms. The van der Waals surface area contributed by atoms with Crippen LogP contribution < -0.4 is 5.32 Å². The quantitative estimate of drug-likeness (QED) is 0.581. The maximum absolute atomic E-state index is 5.73. The van der Waals surface area contributed by atoms with Gasteiger partial charge in [-0.25, -0.2) is 4.68 Å². The van der Waals surface area contributed by atoms with Gasteiger partial charge in [-0.3, -0.25) is 0 Å². The number of thioether (sulfide) groups is 1. The number of rotatable bonds is 8. The molecular formula is C13H25N5OS. The van der Waals surface area contributed by atoms with Crippen molar-refractivity contribution in [1.82, 2.24) is 25.5 Å². The van der Waals surface area contributed by atoms with Crippen molar-refractivity contribution in [2.45, 2.75) is 50.9 Å². The molecule has 6 nitrogen and oxygen atoms in total. The number of ether oxygens (including phenoxy) is 1. The Kier molecular flexibility index (Phi) is 6.75. The fraction of sp³-hybridized carbons (Fsp3) is 0.923. The number of hydrogen-bond acceptors (Lipinski definition) is 6. The lowest BCUT2D eigenvalue weighted by atomic mass is 10.1. The lowest BCUT2D eigenvalue weighted by molar-refractivity contribution is 0.0315. The second-order valence-electron chi connectivity index (χ2n) is 5.58. The van der Waals surface area contributed by atoms with Crippen LogP contribution in [0.5, 0.6) is 0 Å². The van der Waals surface area contributed by atoms with Crippen LogP contribution in [-0.2, 0) is 11.3 Å². The molecule has 1 aliphatic rings. The molecule has 114 valence electrons. The summed E-state index contributed by atoms with van der Waals surface area (Å²) in [5.74, 6) is 1.61. The summed E-state index contributed by atoms with van der Waals surface area (Å²) in [4.78, 5) is 0. The van der Waals surface area contributed by atoms with Gasteiger partial charge in [0.15, 0.2) is 0 Å². The van der Waals surface area contributed by atoms with Crippen molar-refractivity contribution in [2.24, 2.45) is 5.92 Å². The van der Waals surface area contributed by atoms with Crippen LogP contribution in [0.2, 0.25) is 0 Å². The van der Waals surface area contributed by atoms with E-state index in [1.807, 2.05) is 4.68 Å². The van der Waals surface area contributed by atoms with Crippen molar-refractivity contribution in [2.75, 3.05) is 25.4 Å². The highest BCUT2D eigenvalue weighted by atomic mass is 32.2. The maximum Gasteiger partial charge on any atom is 0.209 e. The molecule has 2 heterocycles. The number of aromatic nitrogens is 4. The van der Waals surface area contributed by atoms with Gasteiger partial charge < -0.3 is 10.1 Å². The molecule has 0 spiro atoms. The molecule has 0 amide bonds. The zero-order valence-corrected chi connectivity index (χ0v) is 13.2. The minimum atomic E-state index is 0.359. The highest BCUT2D eigenvalue weighted by molar-refractivity contribution is 7.99. The molecule has 1 aromatic rings. The van der Waals surface area contributed by atoms with Gasteiger partial charge in [-0.1, -0.05) is 25.6 Å². The normalized spacial score (nSPS) is 19.6. The Morgan fingerprint density at radius 1 is 1.45 bits per heavy atom. The molecule has 1 aliphatic heterocycles.